The molecule has 0 aliphatic carbocycles. The van der Waals surface area contributed by atoms with Crippen LogP contribution in [-0.4, -0.2) is 9.97 Å². The average Bonchev–Trinajstić information content (AvgIpc) is 2.90. The Bertz CT molecular complexity index is 701. The van der Waals surface area contributed by atoms with E-state index in [0.29, 0.717) is 12.4 Å². The van der Waals surface area contributed by atoms with Crippen LogP contribution in [0.1, 0.15) is 18.1 Å². The molecule has 3 rings (SSSR count). The Labute approximate surface area is 111 Å². The van der Waals surface area contributed by atoms with Crippen molar-refractivity contribution in [2.45, 2.75) is 19.9 Å². The number of nitrogens with two attached hydrogens (primary N) is 1. The molecule has 0 radical (unpaired) electrons. The molecule has 0 fully saturated rings. The topological polar surface area (TPSA) is 64.9 Å². The summed E-state index contributed by atoms with van der Waals surface area (Å²) in [6.07, 6.45) is 2.74. The van der Waals surface area contributed by atoms with E-state index in [2.05, 4.69) is 29.0 Å². The van der Waals surface area contributed by atoms with E-state index in [1.165, 1.54) is 5.56 Å². The van der Waals surface area contributed by atoms with Gasteiger partial charge in [-0.3, -0.25) is 4.98 Å². The number of hydrogen-bond acceptors (Lipinski definition) is 4. The summed E-state index contributed by atoms with van der Waals surface area (Å²) in [5.41, 5.74) is 10.2. The monoisotopic (exact) mass is 253 g/mol. The van der Waals surface area contributed by atoms with Crippen molar-refractivity contribution in [2.75, 3.05) is 0 Å². The molecule has 3 aromatic rings. The van der Waals surface area contributed by atoms with E-state index >= 15 is 0 Å². The summed E-state index contributed by atoms with van der Waals surface area (Å²) in [6.45, 7) is 2.61. The summed E-state index contributed by atoms with van der Waals surface area (Å²) in [4.78, 5) is 8.81. The molecule has 4 heteroatoms. The van der Waals surface area contributed by atoms with Crippen molar-refractivity contribution in [3.8, 4) is 11.6 Å². The molecule has 19 heavy (non-hydrogen) atoms. The summed E-state index contributed by atoms with van der Waals surface area (Å²) in [7, 11) is 0. The van der Waals surface area contributed by atoms with Gasteiger partial charge in [-0.05, 0) is 35.7 Å². The Balaban J connectivity index is 2.04. The minimum Gasteiger partial charge on any atom is -0.435 e. The van der Waals surface area contributed by atoms with Crippen molar-refractivity contribution in [1.29, 1.82) is 0 Å². The van der Waals surface area contributed by atoms with Crippen LogP contribution in [0, 0.1) is 0 Å². The lowest BCUT2D eigenvalue weighted by molar-refractivity contribution is 0.616. The summed E-state index contributed by atoms with van der Waals surface area (Å²) in [5.74, 6) is 0.548. The Morgan fingerprint density at radius 2 is 2.00 bits per heavy atom. The smallest absolute Gasteiger partial charge is 0.246 e. The van der Waals surface area contributed by atoms with Crippen LogP contribution in [0.15, 0.2) is 40.9 Å². The van der Waals surface area contributed by atoms with Crippen molar-refractivity contribution < 1.29 is 4.42 Å². The van der Waals surface area contributed by atoms with Crippen molar-refractivity contribution in [3.05, 3.63) is 47.7 Å². The lowest BCUT2D eigenvalue weighted by atomic mass is 10.1. The number of rotatable bonds is 3. The zero-order valence-electron chi connectivity index (χ0n) is 10.8. The van der Waals surface area contributed by atoms with Crippen LogP contribution in [-0.2, 0) is 13.0 Å². The van der Waals surface area contributed by atoms with Crippen molar-refractivity contribution in [1.82, 2.24) is 9.97 Å². The van der Waals surface area contributed by atoms with Gasteiger partial charge in [-0.1, -0.05) is 19.1 Å². The Kier molecular flexibility index (Phi) is 3.01. The van der Waals surface area contributed by atoms with Gasteiger partial charge < -0.3 is 10.2 Å². The number of benzene rings is 1. The summed E-state index contributed by atoms with van der Waals surface area (Å²) < 4.78 is 5.72. The molecule has 4 nitrogen and oxygen atoms in total. The largest absolute Gasteiger partial charge is 0.435 e. The normalized spacial score (nSPS) is 11.1. The molecule has 0 unspecified atom stereocenters. The molecule has 2 heterocycles. The van der Waals surface area contributed by atoms with Crippen molar-refractivity contribution in [3.63, 3.8) is 0 Å². The molecule has 0 atom stereocenters. The average molecular weight is 253 g/mol. The van der Waals surface area contributed by atoms with E-state index in [-0.39, 0.29) is 0 Å². The molecule has 0 spiro atoms. The second-order valence-corrected chi connectivity index (χ2v) is 4.43. The van der Waals surface area contributed by atoms with Crippen LogP contribution in [0.25, 0.3) is 22.7 Å². The number of fused-ring (bicyclic) bond motifs is 1. The number of aromatic nitrogens is 2. The predicted molar refractivity (Wildman–Crippen MR) is 74.5 cm³/mol. The Morgan fingerprint density at radius 3 is 2.68 bits per heavy atom. The van der Waals surface area contributed by atoms with Gasteiger partial charge in [0.05, 0.1) is 0 Å². The quantitative estimate of drug-likeness (QED) is 0.779. The maximum atomic E-state index is 5.72. The van der Waals surface area contributed by atoms with Crippen LogP contribution >= 0.6 is 0 Å². The number of hydrogen-bond donors (Lipinski definition) is 1. The highest BCUT2D eigenvalue weighted by Gasteiger charge is 2.09. The fourth-order valence-electron chi connectivity index (χ4n) is 1.97. The minimum atomic E-state index is 0.487. The van der Waals surface area contributed by atoms with Crippen molar-refractivity contribution >= 4 is 11.1 Å². The van der Waals surface area contributed by atoms with Gasteiger partial charge in [-0.15, -0.1) is 0 Å². The Morgan fingerprint density at radius 1 is 1.16 bits per heavy atom. The third-order valence-electron chi connectivity index (χ3n) is 3.14. The lowest BCUT2D eigenvalue weighted by Crippen LogP contribution is -1.96. The molecular formula is C15H15N3O. The van der Waals surface area contributed by atoms with Gasteiger partial charge in [0.25, 0.3) is 0 Å². The fourth-order valence-corrected chi connectivity index (χ4v) is 1.97. The molecule has 1 aromatic carbocycles. The molecule has 0 aliphatic heterocycles. The van der Waals surface area contributed by atoms with Crippen LogP contribution in [0.2, 0.25) is 0 Å². The van der Waals surface area contributed by atoms with E-state index < -0.39 is 0 Å². The van der Waals surface area contributed by atoms with E-state index in [1.807, 2.05) is 18.2 Å². The molecular weight excluding hydrogens is 238 g/mol. The second-order valence-electron chi connectivity index (χ2n) is 4.43. The van der Waals surface area contributed by atoms with E-state index in [1.54, 1.807) is 6.20 Å². The lowest BCUT2D eigenvalue weighted by Gasteiger charge is -1.96. The summed E-state index contributed by atoms with van der Waals surface area (Å²) in [6, 6.07) is 9.89. The first-order valence-electron chi connectivity index (χ1n) is 6.35. The summed E-state index contributed by atoms with van der Waals surface area (Å²) >= 11 is 0. The molecule has 96 valence electrons. The highest BCUT2D eigenvalue weighted by Crippen LogP contribution is 2.23. The molecule has 0 saturated heterocycles. The van der Waals surface area contributed by atoms with Gasteiger partial charge in [0.1, 0.15) is 11.2 Å². The highest BCUT2D eigenvalue weighted by molar-refractivity contribution is 5.76. The minimum absolute atomic E-state index is 0.487. The van der Waals surface area contributed by atoms with Gasteiger partial charge >= 0.3 is 0 Å². The number of aryl methyl sites for hydroxylation is 1. The number of pyridine rings is 1. The molecule has 2 aromatic heterocycles. The van der Waals surface area contributed by atoms with E-state index in [4.69, 9.17) is 10.2 Å². The van der Waals surface area contributed by atoms with Gasteiger partial charge in [0.2, 0.25) is 5.89 Å². The van der Waals surface area contributed by atoms with Gasteiger partial charge in [-0.2, -0.15) is 0 Å². The Hall–Kier alpha value is -2.20. The zero-order valence-corrected chi connectivity index (χ0v) is 10.8. The molecule has 0 bridgehead atoms. The van der Waals surface area contributed by atoms with Crippen LogP contribution < -0.4 is 5.73 Å². The molecule has 0 saturated carbocycles. The van der Waals surface area contributed by atoms with Gasteiger partial charge in [0.15, 0.2) is 5.58 Å². The van der Waals surface area contributed by atoms with Crippen LogP contribution in [0.4, 0.5) is 0 Å². The summed E-state index contributed by atoms with van der Waals surface area (Å²) in [5, 5.41) is 0. The van der Waals surface area contributed by atoms with Crippen LogP contribution in [0.3, 0.4) is 0 Å². The maximum absolute atomic E-state index is 5.72. The number of nitrogens with zero attached hydrogens (tertiary/aromatic N) is 2. The maximum Gasteiger partial charge on any atom is 0.246 e. The van der Waals surface area contributed by atoms with E-state index in [0.717, 1.165) is 28.8 Å². The second kappa shape index (κ2) is 4.82. The molecule has 2 N–H and O–H groups in total. The van der Waals surface area contributed by atoms with Crippen LogP contribution in [0.5, 0.6) is 0 Å². The first kappa shape index (κ1) is 11.9. The third-order valence-corrected chi connectivity index (χ3v) is 3.14. The first-order valence-corrected chi connectivity index (χ1v) is 6.35. The SMILES string of the molecule is CCc1ccc2oc(-c3ccc(CN)cn3)nc2c1. The first-order chi connectivity index (χ1) is 9.30. The highest BCUT2D eigenvalue weighted by atomic mass is 16.3. The van der Waals surface area contributed by atoms with Gasteiger partial charge in [0, 0.05) is 12.7 Å². The fraction of sp³-hybridized carbons (Fsp3) is 0.200. The zero-order chi connectivity index (χ0) is 13.2. The van der Waals surface area contributed by atoms with Crippen molar-refractivity contribution in [2.24, 2.45) is 5.73 Å². The third kappa shape index (κ3) is 2.22. The number of oxazole rings is 1. The van der Waals surface area contributed by atoms with Gasteiger partial charge in [-0.25, -0.2) is 4.98 Å². The molecule has 0 aliphatic rings. The molecule has 0 amide bonds. The standard InChI is InChI=1S/C15H15N3O/c1-2-10-4-6-14-13(7-10)18-15(19-14)12-5-3-11(8-16)9-17-12/h3-7,9H,2,8,16H2,1H3. The predicted octanol–water partition coefficient (Wildman–Crippen LogP) is 2.91. The van der Waals surface area contributed by atoms with E-state index in [9.17, 15) is 0 Å².